The summed E-state index contributed by atoms with van der Waals surface area (Å²) in [4.78, 5) is 21.9. The molecule has 0 saturated heterocycles. The predicted molar refractivity (Wildman–Crippen MR) is 74.3 cm³/mol. The fourth-order valence-electron chi connectivity index (χ4n) is 1.72. The lowest BCUT2D eigenvalue weighted by atomic mass is 10.0. The molecule has 2 atom stereocenters. The van der Waals surface area contributed by atoms with Gasteiger partial charge in [0, 0.05) is 13.0 Å². The topological polar surface area (TPSA) is 98.7 Å². The lowest BCUT2D eigenvalue weighted by Crippen LogP contribution is -2.43. The molecule has 2 amide bonds. The number of amides is 2. The van der Waals surface area contributed by atoms with Gasteiger partial charge in [-0.25, -0.2) is 4.79 Å². The number of aliphatic hydroxyl groups is 1. The Hall–Kier alpha value is -2.08. The van der Waals surface area contributed by atoms with E-state index in [-0.39, 0.29) is 13.0 Å². The van der Waals surface area contributed by atoms with Gasteiger partial charge in [-0.2, -0.15) is 0 Å². The van der Waals surface area contributed by atoms with E-state index < -0.39 is 24.1 Å². The molecule has 1 rings (SSSR count). The smallest absolute Gasteiger partial charge is 0.315 e. The van der Waals surface area contributed by atoms with Gasteiger partial charge in [0.15, 0.2) is 0 Å². The number of aliphatic carboxylic acids is 1. The lowest BCUT2D eigenvalue weighted by molar-refractivity contribution is -0.137. The summed E-state index contributed by atoms with van der Waals surface area (Å²) in [6.07, 6.45) is -0.401. The Balaban J connectivity index is 2.32. The highest BCUT2D eigenvalue weighted by Gasteiger charge is 2.17. The SMILES string of the molecule is CC(NC(=O)NCCCC(=O)O)C(O)c1ccccc1. The maximum atomic E-state index is 11.6. The zero-order valence-electron chi connectivity index (χ0n) is 11.4. The second kappa shape index (κ2) is 8.16. The zero-order chi connectivity index (χ0) is 15.0. The number of carbonyl (C=O) groups is 2. The van der Waals surface area contributed by atoms with Gasteiger partial charge in [0.2, 0.25) is 0 Å². The van der Waals surface area contributed by atoms with E-state index in [0.717, 1.165) is 5.56 Å². The number of benzene rings is 1. The molecular formula is C14H20N2O4. The number of nitrogens with one attached hydrogen (secondary N) is 2. The van der Waals surface area contributed by atoms with E-state index in [2.05, 4.69) is 10.6 Å². The molecule has 0 saturated carbocycles. The van der Waals surface area contributed by atoms with E-state index in [1.807, 2.05) is 18.2 Å². The predicted octanol–water partition coefficient (Wildman–Crippen LogP) is 1.27. The molecule has 0 aliphatic heterocycles. The van der Waals surface area contributed by atoms with Gasteiger partial charge < -0.3 is 20.8 Å². The Labute approximate surface area is 117 Å². The van der Waals surface area contributed by atoms with Crippen molar-refractivity contribution in [2.75, 3.05) is 6.54 Å². The first-order valence-electron chi connectivity index (χ1n) is 6.50. The van der Waals surface area contributed by atoms with E-state index in [4.69, 9.17) is 5.11 Å². The molecule has 0 aliphatic rings. The van der Waals surface area contributed by atoms with E-state index in [0.29, 0.717) is 6.42 Å². The van der Waals surface area contributed by atoms with Gasteiger partial charge in [-0.15, -0.1) is 0 Å². The van der Waals surface area contributed by atoms with Crippen molar-refractivity contribution >= 4 is 12.0 Å². The Kier molecular flexibility index (Phi) is 6.52. The Bertz CT molecular complexity index is 436. The van der Waals surface area contributed by atoms with Gasteiger partial charge >= 0.3 is 12.0 Å². The highest BCUT2D eigenvalue weighted by molar-refractivity contribution is 5.74. The molecule has 110 valence electrons. The minimum Gasteiger partial charge on any atom is -0.481 e. The van der Waals surface area contributed by atoms with Crippen LogP contribution in [0.5, 0.6) is 0 Å². The summed E-state index contributed by atoms with van der Waals surface area (Å²) in [5, 5.41) is 23.7. The molecule has 0 radical (unpaired) electrons. The molecule has 0 aliphatic carbocycles. The summed E-state index contributed by atoms with van der Waals surface area (Å²) in [5.74, 6) is -0.889. The highest BCUT2D eigenvalue weighted by atomic mass is 16.4. The van der Waals surface area contributed by atoms with E-state index in [1.54, 1.807) is 19.1 Å². The largest absolute Gasteiger partial charge is 0.481 e. The van der Waals surface area contributed by atoms with E-state index >= 15 is 0 Å². The fourth-order valence-corrected chi connectivity index (χ4v) is 1.72. The van der Waals surface area contributed by atoms with Crippen LogP contribution >= 0.6 is 0 Å². The summed E-state index contributed by atoms with van der Waals surface area (Å²) in [6.45, 7) is 1.99. The molecule has 20 heavy (non-hydrogen) atoms. The van der Waals surface area contributed by atoms with Crippen LogP contribution in [0.15, 0.2) is 30.3 Å². The molecular weight excluding hydrogens is 260 g/mol. The maximum Gasteiger partial charge on any atom is 0.315 e. The van der Waals surface area contributed by atoms with Crippen molar-refractivity contribution in [2.24, 2.45) is 0 Å². The van der Waals surface area contributed by atoms with Crippen molar-refractivity contribution in [1.82, 2.24) is 10.6 Å². The number of aliphatic hydroxyl groups excluding tert-OH is 1. The van der Waals surface area contributed by atoms with Crippen LogP contribution in [0.2, 0.25) is 0 Å². The first-order chi connectivity index (χ1) is 9.50. The molecule has 0 spiro atoms. The second-order valence-electron chi connectivity index (χ2n) is 4.54. The lowest BCUT2D eigenvalue weighted by Gasteiger charge is -2.20. The van der Waals surface area contributed by atoms with Crippen LogP contribution in [0.3, 0.4) is 0 Å². The summed E-state index contributed by atoms with van der Waals surface area (Å²) in [6, 6.07) is 8.19. The first kappa shape index (κ1) is 16.0. The van der Waals surface area contributed by atoms with Crippen molar-refractivity contribution in [3.8, 4) is 0 Å². The third kappa shape index (κ3) is 5.71. The summed E-state index contributed by atoms with van der Waals surface area (Å²) >= 11 is 0. The first-order valence-corrected chi connectivity index (χ1v) is 6.50. The van der Waals surface area contributed by atoms with Crippen molar-refractivity contribution in [2.45, 2.75) is 31.9 Å². The van der Waals surface area contributed by atoms with Crippen LogP contribution < -0.4 is 10.6 Å². The summed E-state index contributed by atoms with van der Waals surface area (Å²) in [7, 11) is 0. The summed E-state index contributed by atoms with van der Waals surface area (Å²) < 4.78 is 0. The third-order valence-electron chi connectivity index (χ3n) is 2.83. The van der Waals surface area contributed by atoms with Crippen LogP contribution in [0.25, 0.3) is 0 Å². The van der Waals surface area contributed by atoms with Crippen LogP contribution in [-0.4, -0.2) is 34.8 Å². The Morgan fingerprint density at radius 1 is 1.25 bits per heavy atom. The fraction of sp³-hybridized carbons (Fsp3) is 0.429. The molecule has 0 fully saturated rings. The number of carbonyl (C=O) groups excluding carboxylic acids is 1. The molecule has 0 bridgehead atoms. The number of hydrogen-bond donors (Lipinski definition) is 4. The molecule has 0 heterocycles. The van der Waals surface area contributed by atoms with Crippen molar-refractivity contribution in [3.63, 3.8) is 0 Å². The monoisotopic (exact) mass is 280 g/mol. The van der Waals surface area contributed by atoms with E-state index in [9.17, 15) is 14.7 Å². The molecule has 0 aromatic heterocycles. The highest BCUT2D eigenvalue weighted by Crippen LogP contribution is 2.15. The second-order valence-corrected chi connectivity index (χ2v) is 4.54. The third-order valence-corrected chi connectivity index (χ3v) is 2.83. The molecule has 2 unspecified atom stereocenters. The Morgan fingerprint density at radius 2 is 1.90 bits per heavy atom. The Morgan fingerprint density at radius 3 is 2.50 bits per heavy atom. The van der Waals surface area contributed by atoms with Crippen molar-refractivity contribution in [1.29, 1.82) is 0 Å². The molecule has 4 N–H and O–H groups in total. The minimum atomic E-state index is -0.889. The van der Waals surface area contributed by atoms with Crippen LogP contribution in [0.1, 0.15) is 31.4 Å². The average Bonchev–Trinajstić information content (AvgIpc) is 2.43. The van der Waals surface area contributed by atoms with Gasteiger partial charge in [-0.05, 0) is 18.9 Å². The van der Waals surface area contributed by atoms with Crippen LogP contribution in [-0.2, 0) is 4.79 Å². The number of carboxylic acids is 1. The zero-order valence-corrected chi connectivity index (χ0v) is 11.4. The van der Waals surface area contributed by atoms with Gasteiger partial charge in [0.25, 0.3) is 0 Å². The number of carboxylic acid groups (broad SMARTS) is 1. The molecule has 1 aromatic rings. The van der Waals surface area contributed by atoms with Gasteiger partial charge in [-0.1, -0.05) is 30.3 Å². The average molecular weight is 280 g/mol. The normalized spacial score (nSPS) is 13.3. The van der Waals surface area contributed by atoms with Gasteiger partial charge in [-0.3, -0.25) is 4.79 Å². The number of urea groups is 1. The number of rotatable bonds is 7. The van der Waals surface area contributed by atoms with Crippen molar-refractivity contribution in [3.05, 3.63) is 35.9 Å². The maximum absolute atomic E-state index is 11.6. The van der Waals surface area contributed by atoms with Gasteiger partial charge in [0.1, 0.15) is 0 Å². The number of hydrogen-bond acceptors (Lipinski definition) is 3. The van der Waals surface area contributed by atoms with E-state index in [1.165, 1.54) is 0 Å². The molecule has 6 heteroatoms. The van der Waals surface area contributed by atoms with Gasteiger partial charge in [0.05, 0.1) is 12.1 Å². The summed E-state index contributed by atoms with van der Waals surface area (Å²) in [5.41, 5.74) is 0.728. The quantitative estimate of drug-likeness (QED) is 0.565. The van der Waals surface area contributed by atoms with Crippen molar-refractivity contribution < 1.29 is 19.8 Å². The minimum absolute atomic E-state index is 0.0163. The molecule has 6 nitrogen and oxygen atoms in total. The molecule has 1 aromatic carbocycles. The van der Waals surface area contributed by atoms with Crippen LogP contribution in [0.4, 0.5) is 4.79 Å². The standard InChI is InChI=1S/C14H20N2O4/c1-10(13(19)11-6-3-2-4-7-11)16-14(20)15-9-5-8-12(17)18/h2-4,6-7,10,13,19H,5,8-9H2,1H3,(H,17,18)(H2,15,16,20). The van der Waals surface area contributed by atoms with Crippen LogP contribution in [0, 0.1) is 0 Å².